The Hall–Kier alpha value is -0.680. The highest BCUT2D eigenvalue weighted by Gasteiger charge is 2.28. The number of aromatic nitrogens is 3. The first-order valence-corrected chi connectivity index (χ1v) is 10.2. The van der Waals surface area contributed by atoms with Crippen molar-refractivity contribution in [2.45, 2.75) is 29.5 Å². The molecule has 9 nitrogen and oxygen atoms in total. The summed E-state index contributed by atoms with van der Waals surface area (Å²) in [5, 5.41) is 42.5. The summed E-state index contributed by atoms with van der Waals surface area (Å²) < 4.78 is -1.85. The van der Waals surface area contributed by atoms with Gasteiger partial charge in [-0.15, -0.1) is 0 Å². The number of anilines is 2. The van der Waals surface area contributed by atoms with Crippen molar-refractivity contribution in [3.05, 3.63) is 5.82 Å². The summed E-state index contributed by atoms with van der Waals surface area (Å²) in [6.07, 6.45) is 2.08. The standard InChI is InChI=1S/C16H28Cl3N5O4/c17-16(18,19)13-22-14(20-9-11(1-5-25)2-6-26)24-15(23-13)21-10-12(3-7-27)4-8-28/h11-12,25-28H,1-10H2,(H2,20,21,22,23,24). The lowest BCUT2D eigenvalue weighted by atomic mass is 10.0. The molecule has 0 saturated carbocycles. The number of aliphatic hydroxyl groups is 4. The van der Waals surface area contributed by atoms with Crippen molar-refractivity contribution in [2.75, 3.05) is 50.2 Å². The summed E-state index contributed by atoms with van der Waals surface area (Å²) in [4.78, 5) is 12.5. The van der Waals surface area contributed by atoms with Crippen LogP contribution in [-0.2, 0) is 3.79 Å². The molecule has 0 spiro atoms. The van der Waals surface area contributed by atoms with E-state index < -0.39 is 3.79 Å². The molecule has 0 aromatic carbocycles. The van der Waals surface area contributed by atoms with Gasteiger partial charge in [0.05, 0.1) is 0 Å². The van der Waals surface area contributed by atoms with Gasteiger partial charge in [-0.05, 0) is 37.5 Å². The van der Waals surface area contributed by atoms with Crippen molar-refractivity contribution >= 4 is 46.7 Å². The minimum absolute atomic E-state index is 0.00680. The molecular formula is C16H28Cl3N5O4. The van der Waals surface area contributed by atoms with Gasteiger partial charge in [0.15, 0.2) is 5.82 Å². The van der Waals surface area contributed by atoms with E-state index in [9.17, 15) is 0 Å². The molecule has 1 aromatic rings. The highest BCUT2D eigenvalue weighted by molar-refractivity contribution is 6.66. The van der Waals surface area contributed by atoms with Gasteiger partial charge in [-0.3, -0.25) is 0 Å². The van der Waals surface area contributed by atoms with E-state index in [1.807, 2.05) is 0 Å². The largest absolute Gasteiger partial charge is 0.396 e. The zero-order chi connectivity index (χ0) is 21.0. The fourth-order valence-corrected chi connectivity index (χ4v) is 2.81. The zero-order valence-corrected chi connectivity index (χ0v) is 17.8. The molecule has 1 rings (SSSR count). The van der Waals surface area contributed by atoms with Crippen molar-refractivity contribution in [3.63, 3.8) is 0 Å². The first-order chi connectivity index (χ1) is 13.3. The summed E-state index contributed by atoms with van der Waals surface area (Å²) in [5.41, 5.74) is 0. The number of hydrogen-bond acceptors (Lipinski definition) is 9. The van der Waals surface area contributed by atoms with E-state index in [0.29, 0.717) is 38.8 Å². The van der Waals surface area contributed by atoms with Gasteiger partial charge in [0, 0.05) is 39.5 Å². The summed E-state index contributed by atoms with van der Waals surface area (Å²) in [6, 6.07) is 0. The number of aliphatic hydroxyl groups excluding tert-OH is 4. The lowest BCUT2D eigenvalue weighted by Crippen LogP contribution is -2.22. The van der Waals surface area contributed by atoms with Crippen LogP contribution in [0.2, 0.25) is 0 Å². The maximum atomic E-state index is 9.12. The van der Waals surface area contributed by atoms with Crippen LogP contribution in [0.5, 0.6) is 0 Å². The first-order valence-electron chi connectivity index (χ1n) is 9.08. The topological polar surface area (TPSA) is 144 Å². The van der Waals surface area contributed by atoms with E-state index in [1.165, 1.54) is 0 Å². The summed E-state index contributed by atoms with van der Waals surface area (Å²) in [7, 11) is 0. The maximum absolute atomic E-state index is 9.12. The molecule has 0 amide bonds. The minimum atomic E-state index is -1.85. The number of halogens is 3. The van der Waals surface area contributed by atoms with Crippen molar-refractivity contribution in [1.82, 2.24) is 15.0 Å². The molecule has 1 heterocycles. The van der Waals surface area contributed by atoms with E-state index in [2.05, 4.69) is 25.6 Å². The van der Waals surface area contributed by atoms with Gasteiger partial charge in [-0.25, -0.2) is 0 Å². The molecule has 0 radical (unpaired) electrons. The van der Waals surface area contributed by atoms with Crippen LogP contribution in [0.15, 0.2) is 0 Å². The average Bonchev–Trinajstić information content (AvgIpc) is 2.64. The van der Waals surface area contributed by atoms with E-state index in [1.54, 1.807) is 0 Å². The molecule has 0 aliphatic heterocycles. The number of hydrogen-bond donors (Lipinski definition) is 6. The monoisotopic (exact) mass is 459 g/mol. The lowest BCUT2D eigenvalue weighted by molar-refractivity contribution is 0.220. The highest BCUT2D eigenvalue weighted by atomic mass is 35.6. The van der Waals surface area contributed by atoms with Crippen molar-refractivity contribution in [3.8, 4) is 0 Å². The molecular weight excluding hydrogens is 433 g/mol. The lowest BCUT2D eigenvalue weighted by Gasteiger charge is -2.18. The van der Waals surface area contributed by atoms with E-state index >= 15 is 0 Å². The summed E-state index contributed by atoms with van der Waals surface area (Å²) >= 11 is 17.8. The van der Waals surface area contributed by atoms with Gasteiger partial charge in [0.2, 0.25) is 15.7 Å². The van der Waals surface area contributed by atoms with Crippen molar-refractivity contribution < 1.29 is 20.4 Å². The van der Waals surface area contributed by atoms with E-state index in [0.717, 1.165) is 0 Å². The minimum Gasteiger partial charge on any atom is -0.396 e. The normalized spacial score (nSPS) is 12.0. The zero-order valence-electron chi connectivity index (χ0n) is 15.5. The van der Waals surface area contributed by atoms with Crippen molar-refractivity contribution in [1.29, 1.82) is 0 Å². The summed E-state index contributed by atoms with van der Waals surface area (Å²) in [6.45, 7) is 0.864. The third kappa shape index (κ3) is 9.69. The van der Waals surface area contributed by atoms with Crippen LogP contribution in [0.3, 0.4) is 0 Å². The van der Waals surface area contributed by atoms with Gasteiger partial charge in [-0.1, -0.05) is 34.8 Å². The van der Waals surface area contributed by atoms with Gasteiger partial charge in [0.1, 0.15) is 0 Å². The van der Waals surface area contributed by atoms with Crippen LogP contribution >= 0.6 is 34.8 Å². The maximum Gasteiger partial charge on any atom is 0.250 e. The van der Waals surface area contributed by atoms with Crippen LogP contribution in [-0.4, -0.2) is 74.9 Å². The Balaban J connectivity index is 2.90. The molecule has 0 bridgehead atoms. The molecule has 0 saturated heterocycles. The number of alkyl halides is 3. The average molecular weight is 461 g/mol. The fourth-order valence-electron chi connectivity index (χ4n) is 2.56. The molecule has 0 aliphatic rings. The summed E-state index contributed by atoms with van der Waals surface area (Å²) in [5.74, 6) is 0.385. The van der Waals surface area contributed by atoms with Gasteiger partial charge in [-0.2, -0.15) is 15.0 Å². The van der Waals surface area contributed by atoms with Gasteiger partial charge in [0.25, 0.3) is 0 Å². The van der Waals surface area contributed by atoms with Gasteiger partial charge >= 0.3 is 0 Å². The van der Waals surface area contributed by atoms with Crippen LogP contribution < -0.4 is 10.6 Å². The number of nitrogens with zero attached hydrogens (tertiary/aromatic N) is 3. The Morgan fingerprint density at radius 1 is 0.679 bits per heavy atom. The molecule has 162 valence electrons. The van der Waals surface area contributed by atoms with E-state index in [4.69, 9.17) is 55.2 Å². The smallest absolute Gasteiger partial charge is 0.250 e. The second kappa shape index (κ2) is 13.5. The second-order valence-electron chi connectivity index (χ2n) is 6.35. The third-order valence-electron chi connectivity index (χ3n) is 4.14. The molecule has 0 atom stereocenters. The van der Waals surface area contributed by atoms with Gasteiger partial charge < -0.3 is 31.1 Å². The molecule has 0 fully saturated rings. The van der Waals surface area contributed by atoms with Crippen LogP contribution in [0.1, 0.15) is 31.5 Å². The van der Waals surface area contributed by atoms with Crippen molar-refractivity contribution in [2.24, 2.45) is 11.8 Å². The molecule has 0 unspecified atom stereocenters. The van der Waals surface area contributed by atoms with Crippen LogP contribution in [0.4, 0.5) is 11.9 Å². The van der Waals surface area contributed by atoms with Crippen LogP contribution in [0, 0.1) is 11.8 Å². The van der Waals surface area contributed by atoms with Crippen LogP contribution in [0.25, 0.3) is 0 Å². The first kappa shape index (κ1) is 25.4. The molecule has 6 N–H and O–H groups in total. The Bertz CT molecular complexity index is 515. The third-order valence-corrected chi connectivity index (χ3v) is 4.64. The highest BCUT2D eigenvalue weighted by Crippen LogP contribution is 2.36. The SMILES string of the molecule is OCCC(CCO)CNc1nc(NCC(CCO)CCO)nc(C(Cl)(Cl)Cl)n1. The quantitative estimate of drug-likeness (QED) is 0.226. The molecule has 12 heteroatoms. The fraction of sp³-hybridized carbons (Fsp3) is 0.812. The Kier molecular flexibility index (Phi) is 12.2. The predicted molar refractivity (Wildman–Crippen MR) is 110 cm³/mol. The Morgan fingerprint density at radius 2 is 1.04 bits per heavy atom. The molecule has 0 aliphatic carbocycles. The number of rotatable bonds is 14. The van der Waals surface area contributed by atoms with E-state index in [-0.39, 0.29) is 56.0 Å². The Morgan fingerprint density at radius 3 is 1.32 bits per heavy atom. The Labute approximate surface area is 179 Å². The second-order valence-corrected chi connectivity index (χ2v) is 8.63. The predicted octanol–water partition coefficient (Wildman–Crippen LogP) is 1.28. The molecule has 28 heavy (non-hydrogen) atoms. The molecule has 1 aromatic heterocycles. The number of nitrogens with one attached hydrogen (secondary N) is 2.